The Labute approximate surface area is 209 Å². The largest absolute Gasteiger partial charge is 0.361 e. The average Bonchev–Trinajstić information content (AvgIpc) is 3.31. The molecule has 0 bridgehead atoms. The van der Waals surface area contributed by atoms with Gasteiger partial charge in [-0.1, -0.05) is 78.9 Å². The molecule has 1 heterocycles. The van der Waals surface area contributed by atoms with E-state index in [1.807, 2.05) is 91.1 Å². The van der Waals surface area contributed by atoms with Gasteiger partial charge in [0.05, 0.1) is 6.42 Å². The van der Waals surface area contributed by atoms with Gasteiger partial charge in [-0.15, -0.1) is 0 Å². The number of para-hydroxylation sites is 1. The number of hydrogen-bond acceptors (Lipinski definition) is 3. The molecule has 0 saturated carbocycles. The van der Waals surface area contributed by atoms with Gasteiger partial charge in [-0.2, -0.15) is 0 Å². The first-order valence-electron chi connectivity index (χ1n) is 11.8. The molecule has 4 aromatic rings. The van der Waals surface area contributed by atoms with Gasteiger partial charge in [0.15, 0.2) is 0 Å². The summed E-state index contributed by atoms with van der Waals surface area (Å²) in [5, 5.41) is 6.60. The summed E-state index contributed by atoms with van der Waals surface area (Å²) >= 11 is 0. The van der Waals surface area contributed by atoms with Crippen LogP contribution in [0.3, 0.4) is 0 Å². The van der Waals surface area contributed by atoms with Gasteiger partial charge in [-0.3, -0.25) is 15.0 Å². The standard InChI is InChI=1S/C28H29N5O3/c34-26(17-21-11-5-2-6-12-21)32-33-28(36)31-25(18-22-19-30-24-14-8-7-13-23(22)24)27(35)29-16-15-20-9-3-1-4-10-20/h1-14,19,25,30H,15-18H2,(H,29,35)(H,32,34)(H2,31,33,36). The van der Waals surface area contributed by atoms with E-state index in [0.717, 1.165) is 27.6 Å². The number of carbonyl (C=O) groups is 3. The molecule has 3 aromatic carbocycles. The number of hydrazine groups is 1. The maximum absolute atomic E-state index is 13.1. The molecular weight excluding hydrogens is 454 g/mol. The second-order valence-corrected chi connectivity index (χ2v) is 8.45. The lowest BCUT2D eigenvalue weighted by molar-refractivity contribution is -0.122. The minimum absolute atomic E-state index is 0.125. The summed E-state index contributed by atoms with van der Waals surface area (Å²) in [7, 11) is 0. The van der Waals surface area contributed by atoms with Crippen LogP contribution in [-0.2, 0) is 28.9 Å². The minimum atomic E-state index is -0.842. The molecule has 8 heteroatoms. The van der Waals surface area contributed by atoms with Crippen molar-refractivity contribution < 1.29 is 14.4 Å². The smallest absolute Gasteiger partial charge is 0.334 e. The average molecular weight is 484 g/mol. The van der Waals surface area contributed by atoms with Gasteiger partial charge < -0.3 is 15.6 Å². The highest BCUT2D eigenvalue weighted by molar-refractivity contribution is 5.90. The van der Waals surface area contributed by atoms with E-state index in [4.69, 9.17) is 0 Å². The Balaban J connectivity index is 1.36. The maximum Gasteiger partial charge on any atom is 0.334 e. The Morgan fingerprint density at radius 2 is 1.44 bits per heavy atom. The number of urea groups is 1. The minimum Gasteiger partial charge on any atom is -0.361 e. The predicted molar refractivity (Wildman–Crippen MR) is 139 cm³/mol. The first-order valence-corrected chi connectivity index (χ1v) is 11.8. The molecule has 5 N–H and O–H groups in total. The van der Waals surface area contributed by atoms with Gasteiger partial charge in [0, 0.05) is 30.1 Å². The van der Waals surface area contributed by atoms with Crippen LogP contribution in [0.1, 0.15) is 16.7 Å². The molecule has 4 rings (SSSR count). The Kier molecular flexibility index (Phi) is 8.32. The van der Waals surface area contributed by atoms with Gasteiger partial charge in [0.2, 0.25) is 11.8 Å². The molecule has 0 spiro atoms. The molecule has 0 aliphatic heterocycles. The fourth-order valence-electron chi connectivity index (χ4n) is 3.97. The number of aromatic amines is 1. The fourth-order valence-corrected chi connectivity index (χ4v) is 3.97. The van der Waals surface area contributed by atoms with Crippen LogP contribution in [-0.4, -0.2) is 35.4 Å². The summed E-state index contributed by atoms with van der Waals surface area (Å²) in [6.07, 6.45) is 2.93. The second-order valence-electron chi connectivity index (χ2n) is 8.45. The van der Waals surface area contributed by atoms with Crippen LogP contribution in [0.4, 0.5) is 4.79 Å². The van der Waals surface area contributed by atoms with Crippen molar-refractivity contribution in [1.82, 2.24) is 26.5 Å². The van der Waals surface area contributed by atoms with Crippen molar-refractivity contribution in [2.24, 2.45) is 0 Å². The summed E-state index contributed by atoms with van der Waals surface area (Å²) in [4.78, 5) is 41.0. The molecule has 0 radical (unpaired) electrons. The van der Waals surface area contributed by atoms with Gasteiger partial charge in [-0.25, -0.2) is 10.2 Å². The number of H-pyrrole nitrogens is 1. The van der Waals surface area contributed by atoms with Crippen LogP contribution < -0.4 is 21.5 Å². The van der Waals surface area contributed by atoms with E-state index < -0.39 is 12.1 Å². The Morgan fingerprint density at radius 1 is 0.778 bits per heavy atom. The van der Waals surface area contributed by atoms with Crippen molar-refractivity contribution in [3.63, 3.8) is 0 Å². The lowest BCUT2D eigenvalue weighted by atomic mass is 10.0. The Morgan fingerprint density at radius 3 is 2.19 bits per heavy atom. The first-order chi connectivity index (χ1) is 17.6. The summed E-state index contributed by atoms with van der Waals surface area (Å²) in [6.45, 7) is 0.435. The molecule has 0 fully saturated rings. The highest BCUT2D eigenvalue weighted by atomic mass is 16.2. The maximum atomic E-state index is 13.1. The van der Waals surface area contributed by atoms with Crippen LogP contribution in [0.2, 0.25) is 0 Å². The third-order valence-corrected chi connectivity index (χ3v) is 5.80. The van der Waals surface area contributed by atoms with Crippen LogP contribution in [0.15, 0.2) is 91.1 Å². The van der Waals surface area contributed by atoms with Gasteiger partial charge >= 0.3 is 6.03 Å². The van der Waals surface area contributed by atoms with Crippen molar-refractivity contribution in [2.75, 3.05) is 6.54 Å². The molecular formula is C28H29N5O3. The number of hydrogen-bond donors (Lipinski definition) is 5. The van der Waals surface area contributed by atoms with Crippen molar-refractivity contribution >= 4 is 28.7 Å². The topological polar surface area (TPSA) is 115 Å². The molecule has 0 aliphatic rings. The summed E-state index contributed by atoms with van der Waals surface area (Å²) in [5.74, 6) is -0.668. The van der Waals surface area contributed by atoms with E-state index >= 15 is 0 Å². The van der Waals surface area contributed by atoms with Crippen LogP contribution in [0.25, 0.3) is 10.9 Å². The van der Waals surface area contributed by atoms with Crippen molar-refractivity contribution in [3.05, 3.63) is 108 Å². The van der Waals surface area contributed by atoms with Crippen LogP contribution in [0, 0.1) is 0 Å². The Hall–Kier alpha value is -4.59. The molecule has 4 amide bonds. The number of rotatable bonds is 9. The summed E-state index contributed by atoms with van der Waals surface area (Å²) in [6, 6.07) is 25.3. The number of aromatic nitrogens is 1. The monoisotopic (exact) mass is 483 g/mol. The van der Waals surface area contributed by atoms with E-state index in [2.05, 4.69) is 26.5 Å². The molecule has 1 aromatic heterocycles. The number of carbonyl (C=O) groups excluding carboxylic acids is 3. The highest BCUT2D eigenvalue weighted by Gasteiger charge is 2.22. The van der Waals surface area contributed by atoms with Crippen LogP contribution >= 0.6 is 0 Å². The van der Waals surface area contributed by atoms with Gasteiger partial charge in [0.25, 0.3) is 0 Å². The third kappa shape index (κ3) is 6.96. The molecule has 36 heavy (non-hydrogen) atoms. The molecule has 0 saturated heterocycles. The molecule has 184 valence electrons. The fraction of sp³-hybridized carbons (Fsp3) is 0.179. The first kappa shape index (κ1) is 24.5. The zero-order valence-corrected chi connectivity index (χ0v) is 19.8. The third-order valence-electron chi connectivity index (χ3n) is 5.80. The number of benzene rings is 3. The van der Waals surface area contributed by atoms with E-state index in [9.17, 15) is 14.4 Å². The van der Waals surface area contributed by atoms with Crippen molar-refractivity contribution in [3.8, 4) is 0 Å². The van der Waals surface area contributed by atoms with E-state index in [0.29, 0.717) is 13.0 Å². The molecule has 8 nitrogen and oxygen atoms in total. The number of fused-ring (bicyclic) bond motifs is 1. The van der Waals surface area contributed by atoms with Crippen molar-refractivity contribution in [2.45, 2.75) is 25.3 Å². The normalized spacial score (nSPS) is 11.4. The van der Waals surface area contributed by atoms with Crippen molar-refractivity contribution in [1.29, 1.82) is 0 Å². The summed E-state index contributed by atoms with van der Waals surface area (Å²) in [5.41, 5.74) is 8.53. The van der Waals surface area contributed by atoms with E-state index in [-0.39, 0.29) is 24.7 Å². The predicted octanol–water partition coefficient (Wildman–Crippen LogP) is 3.01. The van der Waals surface area contributed by atoms with Gasteiger partial charge in [-0.05, 0) is 29.2 Å². The number of nitrogens with one attached hydrogen (secondary N) is 5. The quantitative estimate of drug-likeness (QED) is 0.236. The van der Waals surface area contributed by atoms with E-state index in [1.54, 1.807) is 0 Å². The van der Waals surface area contributed by atoms with Gasteiger partial charge in [0.1, 0.15) is 6.04 Å². The van der Waals surface area contributed by atoms with Crippen LogP contribution in [0.5, 0.6) is 0 Å². The molecule has 1 atom stereocenters. The lowest BCUT2D eigenvalue weighted by Gasteiger charge is -2.19. The highest BCUT2D eigenvalue weighted by Crippen LogP contribution is 2.19. The zero-order valence-electron chi connectivity index (χ0n) is 19.8. The lowest BCUT2D eigenvalue weighted by Crippen LogP contribution is -2.55. The molecule has 1 unspecified atom stereocenters. The number of amides is 4. The second kappa shape index (κ2) is 12.2. The Bertz CT molecular complexity index is 1300. The molecule has 0 aliphatic carbocycles. The summed E-state index contributed by atoms with van der Waals surface area (Å²) < 4.78 is 0. The van der Waals surface area contributed by atoms with E-state index in [1.165, 1.54) is 0 Å². The SMILES string of the molecule is O=C(Cc1ccccc1)NNC(=O)NC(Cc1c[nH]c2ccccc12)C(=O)NCCc1ccccc1. The zero-order chi connectivity index (χ0) is 25.2.